The van der Waals surface area contributed by atoms with Gasteiger partial charge in [-0.05, 0) is 31.4 Å². The topological polar surface area (TPSA) is 67.2 Å². The third kappa shape index (κ3) is 2.10. The number of hydrogen-bond acceptors (Lipinski definition) is 4. The van der Waals surface area contributed by atoms with E-state index < -0.39 is 0 Å². The van der Waals surface area contributed by atoms with Gasteiger partial charge in [-0.2, -0.15) is 0 Å². The predicted molar refractivity (Wildman–Crippen MR) is 68.0 cm³/mol. The van der Waals surface area contributed by atoms with Gasteiger partial charge in [-0.15, -0.1) is 11.3 Å². The molecule has 0 unspecified atom stereocenters. The second kappa shape index (κ2) is 4.40. The number of fused-ring (bicyclic) bond motifs is 2. The number of amides is 1. The summed E-state index contributed by atoms with van der Waals surface area (Å²) < 4.78 is 0. The van der Waals surface area contributed by atoms with E-state index in [1.165, 1.54) is 24.2 Å². The fourth-order valence-electron chi connectivity index (χ4n) is 2.83. The van der Waals surface area contributed by atoms with Crippen molar-refractivity contribution >= 4 is 17.2 Å². The first-order valence-corrected chi connectivity index (χ1v) is 6.93. The lowest BCUT2D eigenvalue weighted by Gasteiger charge is -2.20. The van der Waals surface area contributed by atoms with Crippen LogP contribution in [0.4, 0.5) is 0 Å². The van der Waals surface area contributed by atoms with Gasteiger partial charge in [-0.1, -0.05) is 0 Å². The molecule has 17 heavy (non-hydrogen) atoms. The van der Waals surface area contributed by atoms with Gasteiger partial charge < -0.3 is 16.4 Å². The minimum atomic E-state index is 0.0500. The molecule has 1 amide bonds. The fourth-order valence-corrected chi connectivity index (χ4v) is 3.62. The van der Waals surface area contributed by atoms with Crippen LogP contribution in [0, 0.1) is 0 Å². The minimum absolute atomic E-state index is 0.0500. The van der Waals surface area contributed by atoms with Gasteiger partial charge in [0.2, 0.25) is 0 Å². The molecule has 0 radical (unpaired) electrons. The van der Waals surface area contributed by atoms with Crippen molar-refractivity contribution in [2.75, 3.05) is 0 Å². The lowest BCUT2D eigenvalue weighted by atomic mass is 9.95. The maximum absolute atomic E-state index is 12.0. The summed E-state index contributed by atoms with van der Waals surface area (Å²) in [5.74, 6) is 0.0500. The van der Waals surface area contributed by atoms with Crippen molar-refractivity contribution in [1.82, 2.24) is 10.6 Å². The van der Waals surface area contributed by atoms with Crippen LogP contribution in [0.15, 0.2) is 12.1 Å². The lowest BCUT2D eigenvalue weighted by Crippen LogP contribution is -2.42. The van der Waals surface area contributed by atoms with Crippen LogP contribution in [-0.2, 0) is 6.54 Å². The molecular weight excluding hydrogens is 234 g/mol. The fraction of sp³-hybridized carbons (Fsp3) is 0.583. The summed E-state index contributed by atoms with van der Waals surface area (Å²) in [6, 6.07) is 5.21. The van der Waals surface area contributed by atoms with Crippen molar-refractivity contribution < 1.29 is 4.79 Å². The highest BCUT2D eigenvalue weighted by atomic mass is 32.1. The summed E-state index contributed by atoms with van der Waals surface area (Å²) in [4.78, 5) is 13.9. The first-order chi connectivity index (χ1) is 8.26. The van der Waals surface area contributed by atoms with Crippen LogP contribution in [0.25, 0.3) is 0 Å². The molecule has 2 saturated heterocycles. The minimum Gasteiger partial charge on any atom is -0.347 e. The largest absolute Gasteiger partial charge is 0.347 e. The van der Waals surface area contributed by atoms with Crippen LogP contribution < -0.4 is 16.4 Å². The van der Waals surface area contributed by atoms with E-state index in [1.54, 1.807) is 0 Å². The van der Waals surface area contributed by atoms with Crippen LogP contribution >= 0.6 is 11.3 Å². The summed E-state index contributed by atoms with van der Waals surface area (Å²) >= 11 is 1.49. The van der Waals surface area contributed by atoms with Gasteiger partial charge in [0.25, 0.3) is 5.91 Å². The van der Waals surface area contributed by atoms with Crippen molar-refractivity contribution in [3.63, 3.8) is 0 Å². The first-order valence-electron chi connectivity index (χ1n) is 6.12. The zero-order chi connectivity index (χ0) is 11.8. The smallest absolute Gasteiger partial charge is 0.261 e. The molecule has 92 valence electrons. The Kier molecular flexibility index (Phi) is 2.90. The second-order valence-electron chi connectivity index (χ2n) is 4.83. The molecule has 0 aromatic carbocycles. The highest BCUT2D eigenvalue weighted by Gasteiger charge is 2.39. The summed E-state index contributed by atoms with van der Waals surface area (Å²) in [6.07, 6.45) is 3.52. The average Bonchev–Trinajstić information content (AvgIpc) is 3.04. The number of nitrogens with one attached hydrogen (secondary N) is 2. The molecule has 1 aromatic rings. The average molecular weight is 251 g/mol. The van der Waals surface area contributed by atoms with Gasteiger partial charge in [0.05, 0.1) is 4.88 Å². The Hall–Kier alpha value is -0.910. The Labute approximate surface area is 105 Å². The highest BCUT2D eigenvalue weighted by Crippen LogP contribution is 2.28. The summed E-state index contributed by atoms with van der Waals surface area (Å²) in [7, 11) is 0. The SMILES string of the molecule is NCc1ccc(C(=O)N[C@@H]2C[C@H]3CC[C@@H]2N3)s1. The molecule has 5 heteroatoms. The predicted octanol–water partition coefficient (Wildman–Crippen LogP) is 0.829. The van der Waals surface area contributed by atoms with Gasteiger partial charge in [-0.25, -0.2) is 0 Å². The van der Waals surface area contributed by atoms with E-state index in [2.05, 4.69) is 10.6 Å². The molecule has 0 saturated carbocycles. The standard InChI is InChI=1S/C12H17N3OS/c13-6-8-2-4-11(17-8)12(16)15-10-5-7-1-3-9(10)14-7/h2,4,7,9-10,14H,1,3,5-6,13H2,(H,15,16)/t7-,9+,10-/m1/s1. The number of rotatable bonds is 3. The molecule has 3 atom stereocenters. The number of thiophene rings is 1. The molecule has 2 aliphatic heterocycles. The molecule has 2 fully saturated rings. The molecule has 3 rings (SSSR count). The van der Waals surface area contributed by atoms with E-state index in [0.29, 0.717) is 24.7 Å². The quantitative estimate of drug-likeness (QED) is 0.745. The van der Waals surface area contributed by atoms with E-state index in [-0.39, 0.29) is 5.91 Å². The van der Waals surface area contributed by atoms with Crippen LogP contribution in [0.3, 0.4) is 0 Å². The first kappa shape index (κ1) is 11.2. The second-order valence-corrected chi connectivity index (χ2v) is 6.00. The van der Waals surface area contributed by atoms with Crippen LogP contribution in [0.1, 0.15) is 33.8 Å². The lowest BCUT2D eigenvalue weighted by molar-refractivity contribution is 0.0935. The summed E-state index contributed by atoms with van der Waals surface area (Å²) in [6.45, 7) is 0.508. The number of carbonyl (C=O) groups excluding carboxylic acids is 1. The third-order valence-electron chi connectivity index (χ3n) is 3.70. The molecular formula is C12H17N3OS. The molecule has 3 heterocycles. The van der Waals surface area contributed by atoms with Crippen LogP contribution in [0.2, 0.25) is 0 Å². The van der Waals surface area contributed by atoms with Gasteiger partial charge >= 0.3 is 0 Å². The van der Waals surface area contributed by atoms with Crippen molar-refractivity contribution in [1.29, 1.82) is 0 Å². The van der Waals surface area contributed by atoms with Crippen molar-refractivity contribution in [3.05, 3.63) is 21.9 Å². The van der Waals surface area contributed by atoms with E-state index in [0.717, 1.165) is 16.2 Å². The number of hydrogen-bond donors (Lipinski definition) is 3. The van der Waals surface area contributed by atoms with E-state index in [1.807, 2.05) is 12.1 Å². The maximum Gasteiger partial charge on any atom is 0.261 e. The normalized spacial score (nSPS) is 30.8. The molecule has 2 bridgehead atoms. The third-order valence-corrected chi connectivity index (χ3v) is 4.81. The van der Waals surface area contributed by atoms with Crippen molar-refractivity contribution in [2.24, 2.45) is 5.73 Å². The summed E-state index contributed by atoms with van der Waals surface area (Å²) in [5.41, 5.74) is 5.54. The molecule has 0 aliphatic carbocycles. The Morgan fingerprint density at radius 2 is 2.41 bits per heavy atom. The Bertz CT molecular complexity index is 431. The van der Waals surface area contributed by atoms with Crippen LogP contribution in [0.5, 0.6) is 0 Å². The molecule has 2 aliphatic rings. The van der Waals surface area contributed by atoms with Gasteiger partial charge in [0.1, 0.15) is 0 Å². The Morgan fingerprint density at radius 3 is 3.00 bits per heavy atom. The molecule has 1 aromatic heterocycles. The maximum atomic E-state index is 12.0. The van der Waals surface area contributed by atoms with Gasteiger partial charge in [-0.3, -0.25) is 4.79 Å². The van der Waals surface area contributed by atoms with Crippen molar-refractivity contribution in [2.45, 2.75) is 43.9 Å². The van der Waals surface area contributed by atoms with E-state index >= 15 is 0 Å². The Morgan fingerprint density at radius 1 is 1.53 bits per heavy atom. The molecule has 4 N–H and O–H groups in total. The highest BCUT2D eigenvalue weighted by molar-refractivity contribution is 7.14. The Balaban J connectivity index is 1.63. The zero-order valence-electron chi connectivity index (χ0n) is 9.61. The van der Waals surface area contributed by atoms with Gasteiger partial charge in [0, 0.05) is 29.5 Å². The van der Waals surface area contributed by atoms with Crippen molar-refractivity contribution in [3.8, 4) is 0 Å². The molecule has 0 spiro atoms. The van der Waals surface area contributed by atoms with E-state index in [4.69, 9.17) is 5.73 Å². The monoisotopic (exact) mass is 251 g/mol. The van der Waals surface area contributed by atoms with Gasteiger partial charge in [0.15, 0.2) is 0 Å². The number of carbonyl (C=O) groups is 1. The van der Waals surface area contributed by atoms with E-state index in [9.17, 15) is 4.79 Å². The summed E-state index contributed by atoms with van der Waals surface area (Å²) in [5, 5.41) is 6.65. The zero-order valence-corrected chi connectivity index (χ0v) is 10.4. The van der Waals surface area contributed by atoms with Crippen LogP contribution in [-0.4, -0.2) is 24.0 Å². The number of nitrogens with two attached hydrogens (primary N) is 1. The molecule has 4 nitrogen and oxygen atoms in total.